The molecule has 24 heavy (non-hydrogen) atoms. The number of ether oxygens (including phenoxy) is 1. The number of benzene rings is 1. The molecule has 3 N–H and O–H groups in total. The lowest BCUT2D eigenvalue weighted by Crippen LogP contribution is -2.73. The quantitative estimate of drug-likeness (QED) is 0.819. The average Bonchev–Trinajstić information content (AvgIpc) is 2.91. The van der Waals surface area contributed by atoms with E-state index in [1.165, 1.54) is 11.1 Å². The Morgan fingerprint density at radius 3 is 3.08 bits per heavy atom. The third-order valence-corrected chi connectivity index (χ3v) is 7.55. The predicted molar refractivity (Wildman–Crippen MR) is 93.4 cm³/mol. The van der Waals surface area contributed by atoms with Crippen LogP contribution >= 0.6 is 0 Å². The summed E-state index contributed by atoms with van der Waals surface area (Å²) in [6, 6.07) is 4.43. The van der Waals surface area contributed by atoms with E-state index >= 15 is 0 Å². The van der Waals surface area contributed by atoms with Crippen LogP contribution in [0.25, 0.3) is 0 Å². The number of hydrogen-bond acceptors (Lipinski definition) is 4. The van der Waals surface area contributed by atoms with Crippen LogP contribution in [-0.4, -0.2) is 41.3 Å². The van der Waals surface area contributed by atoms with Crippen LogP contribution in [0.15, 0.2) is 24.8 Å². The summed E-state index contributed by atoms with van der Waals surface area (Å²) < 4.78 is 6.37. The molecule has 1 aromatic rings. The fraction of sp³-hybridized carbons (Fsp3) is 0.600. The number of likely N-dealkylation sites (tertiary alicyclic amines) is 1. The highest BCUT2D eigenvalue weighted by atomic mass is 16.5. The molecule has 128 valence electrons. The zero-order valence-corrected chi connectivity index (χ0v) is 14.3. The van der Waals surface area contributed by atoms with Crippen molar-refractivity contribution < 1.29 is 9.84 Å². The molecule has 2 aliphatic carbocycles. The number of nitrogens with zero attached hydrogens (tertiary/aromatic N) is 1. The Bertz CT molecular complexity index is 733. The van der Waals surface area contributed by atoms with Gasteiger partial charge in [0.1, 0.15) is 6.10 Å². The molecule has 0 amide bonds. The molecular formula is C20H26N2O2. The number of phenols is 1. The Morgan fingerprint density at radius 1 is 1.46 bits per heavy atom. The standard InChI is InChI=1S/C20H26N2O2/c1-3-9-22-10-8-20-16-12-4-5-14(23)17(16)24-18(20)13(21)6-7-19(20,2)15(22)11-12/h3-5,13,15,18,23H,1,6-11,21H2,2H3/t13-,15?,18-,19-,20-/m0/s1. The first-order valence-electron chi connectivity index (χ1n) is 9.15. The molecule has 0 aromatic heterocycles. The Balaban J connectivity index is 1.78. The van der Waals surface area contributed by atoms with Gasteiger partial charge in [-0.25, -0.2) is 0 Å². The van der Waals surface area contributed by atoms with E-state index in [9.17, 15) is 5.11 Å². The second kappa shape index (κ2) is 4.55. The van der Waals surface area contributed by atoms with Crippen molar-refractivity contribution in [3.05, 3.63) is 35.9 Å². The summed E-state index contributed by atoms with van der Waals surface area (Å²) in [6.45, 7) is 8.39. The third-order valence-electron chi connectivity index (χ3n) is 7.55. The van der Waals surface area contributed by atoms with Crippen molar-refractivity contribution in [1.29, 1.82) is 0 Å². The number of phenolic OH excluding ortho intramolecular Hbond substituents is 1. The van der Waals surface area contributed by atoms with E-state index in [0.29, 0.717) is 6.04 Å². The maximum atomic E-state index is 10.4. The van der Waals surface area contributed by atoms with E-state index in [4.69, 9.17) is 10.5 Å². The highest BCUT2D eigenvalue weighted by Crippen LogP contribution is 2.68. The summed E-state index contributed by atoms with van der Waals surface area (Å²) in [7, 11) is 0. The third kappa shape index (κ3) is 1.44. The van der Waals surface area contributed by atoms with Crippen molar-refractivity contribution in [2.24, 2.45) is 11.1 Å². The van der Waals surface area contributed by atoms with Gasteiger partial charge in [-0.15, -0.1) is 6.58 Å². The second-order valence-corrected chi connectivity index (χ2v) is 8.33. The van der Waals surface area contributed by atoms with Crippen LogP contribution in [0.1, 0.15) is 37.3 Å². The largest absolute Gasteiger partial charge is 0.504 e. The second-order valence-electron chi connectivity index (χ2n) is 8.33. The van der Waals surface area contributed by atoms with Gasteiger partial charge < -0.3 is 15.6 Å². The molecule has 1 unspecified atom stereocenters. The lowest BCUT2D eigenvalue weighted by molar-refractivity contribution is -0.117. The SMILES string of the molecule is C=CCN1CC[C@]23c4c5ccc(O)c4O[C@H]2[C@@H](N)CC[C@@]3(C)C1C5. The fourth-order valence-corrected chi connectivity index (χ4v) is 6.51. The molecule has 4 nitrogen and oxygen atoms in total. The molecule has 4 heteroatoms. The molecule has 2 fully saturated rings. The zero-order chi connectivity index (χ0) is 16.7. The Kier molecular flexibility index (Phi) is 2.81. The summed E-state index contributed by atoms with van der Waals surface area (Å²) in [5.41, 5.74) is 9.25. The number of rotatable bonds is 2. The van der Waals surface area contributed by atoms with Crippen molar-refractivity contribution in [3.63, 3.8) is 0 Å². The summed E-state index contributed by atoms with van der Waals surface area (Å²) >= 11 is 0. The summed E-state index contributed by atoms with van der Waals surface area (Å²) in [6.07, 6.45) is 6.21. The number of hydrogen-bond donors (Lipinski definition) is 2. The molecule has 1 aromatic carbocycles. The topological polar surface area (TPSA) is 58.7 Å². The van der Waals surface area contributed by atoms with Crippen LogP contribution < -0.4 is 10.5 Å². The van der Waals surface area contributed by atoms with E-state index in [0.717, 1.165) is 44.5 Å². The molecule has 4 aliphatic rings. The van der Waals surface area contributed by atoms with Gasteiger partial charge >= 0.3 is 0 Å². The minimum Gasteiger partial charge on any atom is -0.504 e. The van der Waals surface area contributed by atoms with Crippen LogP contribution in [0.3, 0.4) is 0 Å². The monoisotopic (exact) mass is 326 g/mol. The van der Waals surface area contributed by atoms with Crippen molar-refractivity contribution in [2.45, 2.75) is 56.2 Å². The molecule has 2 bridgehead atoms. The average molecular weight is 326 g/mol. The number of piperidine rings is 1. The fourth-order valence-electron chi connectivity index (χ4n) is 6.51. The minimum atomic E-state index is -0.0470. The number of nitrogens with two attached hydrogens (primary N) is 1. The van der Waals surface area contributed by atoms with Gasteiger partial charge in [0, 0.05) is 29.6 Å². The van der Waals surface area contributed by atoms with E-state index < -0.39 is 0 Å². The molecule has 2 heterocycles. The van der Waals surface area contributed by atoms with Crippen LogP contribution in [0, 0.1) is 5.41 Å². The summed E-state index contributed by atoms with van der Waals surface area (Å²) in [4.78, 5) is 2.60. The first-order valence-corrected chi connectivity index (χ1v) is 9.15. The zero-order valence-electron chi connectivity index (χ0n) is 14.3. The normalized spacial score (nSPS) is 42.3. The Labute approximate surface area is 143 Å². The maximum absolute atomic E-state index is 10.4. The van der Waals surface area contributed by atoms with E-state index in [1.807, 2.05) is 6.08 Å². The molecule has 5 atom stereocenters. The lowest BCUT2D eigenvalue weighted by atomic mass is 9.43. The van der Waals surface area contributed by atoms with Gasteiger partial charge in [0.05, 0.1) is 0 Å². The highest BCUT2D eigenvalue weighted by Gasteiger charge is 2.70. The van der Waals surface area contributed by atoms with Gasteiger partial charge in [-0.05, 0) is 49.3 Å². The number of aromatic hydroxyl groups is 1. The Morgan fingerprint density at radius 2 is 2.29 bits per heavy atom. The molecule has 1 spiro atoms. The molecule has 0 radical (unpaired) electrons. The molecule has 1 saturated heterocycles. The highest BCUT2D eigenvalue weighted by molar-refractivity contribution is 5.61. The summed E-state index contributed by atoms with van der Waals surface area (Å²) in [5.74, 6) is 0.996. The Hall–Kier alpha value is -1.52. The van der Waals surface area contributed by atoms with Crippen LogP contribution in [0.5, 0.6) is 11.5 Å². The van der Waals surface area contributed by atoms with Crippen molar-refractivity contribution >= 4 is 0 Å². The maximum Gasteiger partial charge on any atom is 0.165 e. The van der Waals surface area contributed by atoms with E-state index in [1.54, 1.807) is 6.07 Å². The first-order chi connectivity index (χ1) is 11.5. The van der Waals surface area contributed by atoms with Crippen molar-refractivity contribution in [2.75, 3.05) is 13.1 Å². The van der Waals surface area contributed by atoms with Gasteiger partial charge in [-0.2, -0.15) is 0 Å². The van der Waals surface area contributed by atoms with Gasteiger partial charge in [0.25, 0.3) is 0 Å². The van der Waals surface area contributed by atoms with Crippen molar-refractivity contribution in [3.8, 4) is 11.5 Å². The predicted octanol–water partition coefficient (Wildman–Crippen LogP) is 2.33. The molecule has 1 saturated carbocycles. The lowest BCUT2D eigenvalue weighted by Gasteiger charge is -2.65. The van der Waals surface area contributed by atoms with Gasteiger partial charge in [0.15, 0.2) is 11.5 Å². The molecule has 5 rings (SSSR count). The van der Waals surface area contributed by atoms with Gasteiger partial charge in [-0.1, -0.05) is 19.1 Å². The van der Waals surface area contributed by atoms with E-state index in [2.05, 4.69) is 24.5 Å². The summed E-state index contributed by atoms with van der Waals surface area (Å²) in [5, 5.41) is 10.4. The first kappa shape index (κ1) is 14.8. The molecule has 2 aliphatic heterocycles. The van der Waals surface area contributed by atoms with Crippen LogP contribution in [0.2, 0.25) is 0 Å². The van der Waals surface area contributed by atoms with Crippen molar-refractivity contribution in [1.82, 2.24) is 4.90 Å². The smallest absolute Gasteiger partial charge is 0.165 e. The molecular weight excluding hydrogens is 300 g/mol. The minimum absolute atomic E-state index is 0.00742. The van der Waals surface area contributed by atoms with Gasteiger partial charge in [0.2, 0.25) is 0 Å². The van der Waals surface area contributed by atoms with Crippen LogP contribution in [0.4, 0.5) is 0 Å². The van der Waals surface area contributed by atoms with Gasteiger partial charge in [-0.3, -0.25) is 4.90 Å². The van der Waals surface area contributed by atoms with Crippen LogP contribution in [-0.2, 0) is 11.8 Å². The van der Waals surface area contributed by atoms with E-state index in [-0.39, 0.29) is 28.7 Å².